The van der Waals surface area contributed by atoms with E-state index in [9.17, 15) is 9.59 Å². The minimum absolute atomic E-state index is 0.0627. The van der Waals surface area contributed by atoms with E-state index in [1.165, 1.54) is 0 Å². The fourth-order valence-electron chi connectivity index (χ4n) is 1.71. The Kier molecular flexibility index (Phi) is 4.69. The highest BCUT2D eigenvalue weighted by molar-refractivity contribution is 5.89. The number of aliphatic hydroxyl groups excluding tert-OH is 1. The molecule has 2 amide bonds. The first kappa shape index (κ1) is 16.8. The van der Waals surface area contributed by atoms with Gasteiger partial charge in [0.15, 0.2) is 0 Å². The van der Waals surface area contributed by atoms with Crippen LogP contribution in [0.5, 0.6) is 0 Å². The first-order valence-electron chi connectivity index (χ1n) is 6.80. The number of aliphatic hydroxyl groups is 1. The third-order valence-electron chi connectivity index (χ3n) is 2.63. The van der Waals surface area contributed by atoms with Gasteiger partial charge in [-0.2, -0.15) is 0 Å². The Morgan fingerprint density at radius 2 is 1.45 bits per heavy atom. The van der Waals surface area contributed by atoms with Gasteiger partial charge in [-0.05, 0) is 48.0 Å². The van der Waals surface area contributed by atoms with Gasteiger partial charge in [-0.1, -0.05) is 0 Å². The first-order chi connectivity index (χ1) is 8.94. The summed E-state index contributed by atoms with van der Waals surface area (Å²) in [6, 6.07) is -0.343. The lowest BCUT2D eigenvalue weighted by molar-refractivity contribution is -0.00160. The van der Waals surface area contributed by atoms with E-state index in [-0.39, 0.29) is 18.6 Å². The minimum atomic E-state index is -0.729. The number of ether oxygens (including phenoxy) is 2. The standard InChI is InChI=1S/C14H25NO5/c1-13(2,3)19-11(17)15(10-7-9(10)8-16)12(18)20-14(4,5)6/h9-10,16H,7-8H2,1-6H3/t9-,10+/m1/s1. The van der Waals surface area contributed by atoms with Crippen LogP contribution >= 0.6 is 0 Å². The molecule has 0 aromatic carbocycles. The van der Waals surface area contributed by atoms with Gasteiger partial charge < -0.3 is 14.6 Å². The van der Waals surface area contributed by atoms with E-state index < -0.39 is 23.4 Å². The molecule has 0 aromatic heterocycles. The molecule has 20 heavy (non-hydrogen) atoms. The second-order valence-electron chi connectivity index (χ2n) is 7.08. The van der Waals surface area contributed by atoms with Crippen LogP contribution in [0.2, 0.25) is 0 Å². The Morgan fingerprint density at radius 3 is 1.70 bits per heavy atom. The molecule has 116 valence electrons. The molecule has 0 aliphatic heterocycles. The van der Waals surface area contributed by atoms with Crippen molar-refractivity contribution in [3.05, 3.63) is 0 Å². The van der Waals surface area contributed by atoms with Gasteiger partial charge in [-0.15, -0.1) is 0 Å². The number of nitrogens with zero attached hydrogens (tertiary/aromatic N) is 1. The lowest BCUT2D eigenvalue weighted by Gasteiger charge is -2.28. The van der Waals surface area contributed by atoms with Crippen molar-refractivity contribution in [2.45, 2.75) is 65.2 Å². The molecular weight excluding hydrogens is 262 g/mol. The van der Waals surface area contributed by atoms with Gasteiger partial charge in [0, 0.05) is 12.5 Å². The first-order valence-corrected chi connectivity index (χ1v) is 6.80. The van der Waals surface area contributed by atoms with E-state index in [4.69, 9.17) is 14.6 Å². The van der Waals surface area contributed by atoms with Crippen LogP contribution in [0.4, 0.5) is 9.59 Å². The van der Waals surface area contributed by atoms with E-state index in [0.717, 1.165) is 4.90 Å². The summed E-state index contributed by atoms with van der Waals surface area (Å²) >= 11 is 0. The SMILES string of the molecule is CC(C)(C)OC(=O)N(C(=O)OC(C)(C)C)[C@H]1C[C@@H]1CO. The summed E-state index contributed by atoms with van der Waals surface area (Å²) in [6.07, 6.45) is -0.880. The average Bonchev–Trinajstić information content (AvgIpc) is 2.91. The number of carbonyl (C=O) groups is 2. The molecule has 6 heteroatoms. The summed E-state index contributed by atoms with van der Waals surface area (Å²) in [5.74, 6) is -0.0879. The number of amides is 2. The van der Waals surface area contributed by atoms with Crippen LogP contribution in [-0.4, -0.2) is 46.0 Å². The maximum absolute atomic E-state index is 12.2. The molecule has 0 spiro atoms. The lowest BCUT2D eigenvalue weighted by Crippen LogP contribution is -2.45. The van der Waals surface area contributed by atoms with Crippen molar-refractivity contribution >= 4 is 12.2 Å². The highest BCUT2D eigenvalue weighted by atomic mass is 16.6. The summed E-state index contributed by atoms with van der Waals surface area (Å²) in [6.45, 7) is 10.3. The van der Waals surface area contributed by atoms with Crippen LogP contribution in [-0.2, 0) is 9.47 Å². The molecule has 0 unspecified atom stereocenters. The van der Waals surface area contributed by atoms with Crippen molar-refractivity contribution in [1.82, 2.24) is 4.90 Å². The smallest absolute Gasteiger partial charge is 0.420 e. The molecule has 0 radical (unpaired) electrons. The second-order valence-corrected chi connectivity index (χ2v) is 7.08. The Labute approximate surface area is 120 Å². The summed E-state index contributed by atoms with van der Waals surface area (Å²) in [4.78, 5) is 25.3. The lowest BCUT2D eigenvalue weighted by atomic mass is 10.2. The van der Waals surface area contributed by atoms with Crippen LogP contribution in [0.3, 0.4) is 0 Å². The molecule has 1 saturated carbocycles. The predicted molar refractivity (Wildman–Crippen MR) is 73.3 cm³/mol. The molecule has 1 rings (SSSR count). The Hall–Kier alpha value is -1.30. The largest absolute Gasteiger partial charge is 0.443 e. The zero-order valence-electron chi connectivity index (χ0n) is 13.1. The Morgan fingerprint density at radius 1 is 1.05 bits per heavy atom. The third-order valence-corrected chi connectivity index (χ3v) is 2.63. The molecule has 1 N–H and O–H groups in total. The zero-order chi connectivity index (χ0) is 15.7. The van der Waals surface area contributed by atoms with Gasteiger partial charge in [0.05, 0.1) is 6.04 Å². The minimum Gasteiger partial charge on any atom is -0.443 e. The van der Waals surface area contributed by atoms with Crippen LogP contribution in [0.25, 0.3) is 0 Å². The average molecular weight is 287 g/mol. The number of hydrogen-bond donors (Lipinski definition) is 1. The maximum atomic E-state index is 12.2. The van der Waals surface area contributed by atoms with Crippen LogP contribution < -0.4 is 0 Å². The predicted octanol–water partition coefficient (Wildman–Crippen LogP) is 2.54. The van der Waals surface area contributed by atoms with E-state index >= 15 is 0 Å². The molecule has 0 saturated heterocycles. The molecule has 0 heterocycles. The molecule has 1 aliphatic carbocycles. The van der Waals surface area contributed by atoms with Crippen molar-refractivity contribution in [3.63, 3.8) is 0 Å². The van der Waals surface area contributed by atoms with Crippen molar-refractivity contribution in [3.8, 4) is 0 Å². The summed E-state index contributed by atoms with van der Waals surface area (Å²) < 4.78 is 10.5. The highest BCUT2D eigenvalue weighted by Gasteiger charge is 2.49. The Balaban J connectivity index is 2.81. The van der Waals surface area contributed by atoms with Crippen LogP contribution in [0.15, 0.2) is 0 Å². The monoisotopic (exact) mass is 287 g/mol. The number of imide groups is 1. The van der Waals surface area contributed by atoms with Gasteiger partial charge in [-0.25, -0.2) is 14.5 Å². The Bertz CT molecular complexity index is 352. The molecule has 6 nitrogen and oxygen atoms in total. The number of carbonyl (C=O) groups excluding carboxylic acids is 2. The molecule has 1 fully saturated rings. The van der Waals surface area contributed by atoms with Crippen LogP contribution in [0, 0.1) is 5.92 Å². The van der Waals surface area contributed by atoms with Crippen molar-refractivity contribution < 1.29 is 24.2 Å². The second kappa shape index (κ2) is 5.60. The van der Waals surface area contributed by atoms with E-state index in [1.807, 2.05) is 0 Å². The molecular formula is C14H25NO5. The van der Waals surface area contributed by atoms with E-state index in [0.29, 0.717) is 6.42 Å². The fraction of sp³-hybridized carbons (Fsp3) is 0.857. The molecule has 2 atom stereocenters. The van der Waals surface area contributed by atoms with Gasteiger partial charge in [0.25, 0.3) is 0 Å². The quantitative estimate of drug-likeness (QED) is 0.844. The summed E-state index contributed by atoms with van der Waals surface area (Å²) in [7, 11) is 0. The molecule has 1 aliphatic rings. The number of hydrogen-bond acceptors (Lipinski definition) is 5. The van der Waals surface area contributed by atoms with Gasteiger partial charge in [0.2, 0.25) is 0 Å². The third kappa shape index (κ3) is 5.00. The molecule has 0 aromatic rings. The van der Waals surface area contributed by atoms with Gasteiger partial charge in [-0.3, -0.25) is 0 Å². The maximum Gasteiger partial charge on any atom is 0.420 e. The summed E-state index contributed by atoms with van der Waals surface area (Å²) in [5.41, 5.74) is -1.39. The number of rotatable bonds is 2. The highest BCUT2D eigenvalue weighted by Crippen LogP contribution is 2.36. The summed E-state index contributed by atoms with van der Waals surface area (Å²) in [5, 5.41) is 9.12. The van der Waals surface area contributed by atoms with Crippen LogP contribution in [0.1, 0.15) is 48.0 Å². The van der Waals surface area contributed by atoms with Crippen molar-refractivity contribution in [2.24, 2.45) is 5.92 Å². The van der Waals surface area contributed by atoms with Crippen molar-refractivity contribution in [2.75, 3.05) is 6.61 Å². The fourth-order valence-corrected chi connectivity index (χ4v) is 1.71. The van der Waals surface area contributed by atoms with E-state index in [2.05, 4.69) is 0 Å². The topological polar surface area (TPSA) is 76.1 Å². The van der Waals surface area contributed by atoms with E-state index in [1.54, 1.807) is 41.5 Å². The van der Waals surface area contributed by atoms with Gasteiger partial charge in [0.1, 0.15) is 11.2 Å². The normalized spacial score (nSPS) is 22.1. The zero-order valence-corrected chi connectivity index (χ0v) is 13.1. The van der Waals surface area contributed by atoms with Gasteiger partial charge >= 0.3 is 12.2 Å². The molecule has 0 bridgehead atoms. The van der Waals surface area contributed by atoms with Crippen molar-refractivity contribution in [1.29, 1.82) is 0 Å².